The van der Waals surface area contributed by atoms with Crippen LogP contribution >= 0.6 is 27.5 Å². The maximum atomic E-state index is 12.1. The van der Waals surface area contributed by atoms with Crippen molar-refractivity contribution >= 4 is 44.4 Å². The number of fused-ring (bicyclic) bond motifs is 1. The van der Waals surface area contributed by atoms with E-state index in [-0.39, 0.29) is 22.7 Å². The van der Waals surface area contributed by atoms with Crippen molar-refractivity contribution in [2.24, 2.45) is 0 Å². The molecule has 94 valence electrons. The molecule has 0 saturated carbocycles. The summed E-state index contributed by atoms with van der Waals surface area (Å²) in [4.78, 5) is 30.4. The third-order valence-electron chi connectivity index (χ3n) is 2.29. The number of carbonyl (C=O) groups is 1. The van der Waals surface area contributed by atoms with Gasteiger partial charge in [0.15, 0.2) is 5.15 Å². The Morgan fingerprint density at radius 1 is 1.61 bits per heavy atom. The van der Waals surface area contributed by atoms with Gasteiger partial charge in [0, 0.05) is 6.20 Å². The molecular formula is C11H8BrClN2O3. The standard InChI is InChI=1S/C11H8BrClN2O3/c1-2-18-11(17)6-4-14-8-5(9(6)16)3-7(12)15-10(8)13/h3-4H,2H2,1H3,(H,14,16). The zero-order chi connectivity index (χ0) is 13.3. The molecule has 0 atom stereocenters. The fraction of sp³-hybridized carbons (Fsp3) is 0.182. The van der Waals surface area contributed by atoms with Crippen LogP contribution in [0.25, 0.3) is 10.9 Å². The highest BCUT2D eigenvalue weighted by molar-refractivity contribution is 9.10. The van der Waals surface area contributed by atoms with Crippen molar-refractivity contribution in [3.8, 4) is 0 Å². The van der Waals surface area contributed by atoms with Crippen LogP contribution in [-0.2, 0) is 4.74 Å². The van der Waals surface area contributed by atoms with Gasteiger partial charge in [-0.05, 0) is 28.9 Å². The topological polar surface area (TPSA) is 72.1 Å². The summed E-state index contributed by atoms with van der Waals surface area (Å²) >= 11 is 9.05. The molecule has 0 aliphatic carbocycles. The summed E-state index contributed by atoms with van der Waals surface area (Å²) in [6.45, 7) is 1.88. The van der Waals surface area contributed by atoms with Crippen LogP contribution in [0, 0.1) is 0 Å². The molecule has 0 aliphatic rings. The van der Waals surface area contributed by atoms with Gasteiger partial charge in [-0.25, -0.2) is 9.78 Å². The van der Waals surface area contributed by atoms with E-state index in [0.29, 0.717) is 10.1 Å². The second kappa shape index (κ2) is 5.07. The van der Waals surface area contributed by atoms with Gasteiger partial charge >= 0.3 is 5.97 Å². The van der Waals surface area contributed by atoms with E-state index in [1.165, 1.54) is 12.3 Å². The Kier molecular flexibility index (Phi) is 3.68. The first kappa shape index (κ1) is 13.0. The molecule has 5 nitrogen and oxygen atoms in total. The van der Waals surface area contributed by atoms with Gasteiger partial charge in [-0.3, -0.25) is 4.79 Å². The lowest BCUT2D eigenvalue weighted by Crippen LogP contribution is -2.18. The van der Waals surface area contributed by atoms with Gasteiger partial charge in [-0.2, -0.15) is 0 Å². The number of halogens is 2. The van der Waals surface area contributed by atoms with Gasteiger partial charge in [0.05, 0.1) is 17.5 Å². The molecule has 2 rings (SSSR count). The fourth-order valence-corrected chi connectivity index (χ4v) is 2.27. The molecule has 1 N–H and O–H groups in total. The summed E-state index contributed by atoms with van der Waals surface area (Å²) in [6.07, 6.45) is 1.28. The number of aromatic amines is 1. The third-order valence-corrected chi connectivity index (χ3v) is 2.97. The smallest absolute Gasteiger partial charge is 0.343 e. The Morgan fingerprint density at radius 3 is 3.00 bits per heavy atom. The van der Waals surface area contributed by atoms with Crippen LogP contribution in [0.5, 0.6) is 0 Å². The lowest BCUT2D eigenvalue weighted by Gasteiger charge is -2.04. The lowest BCUT2D eigenvalue weighted by molar-refractivity contribution is 0.0524. The minimum atomic E-state index is -0.662. The van der Waals surface area contributed by atoms with Crippen molar-refractivity contribution in [3.63, 3.8) is 0 Å². The third kappa shape index (κ3) is 2.26. The van der Waals surface area contributed by atoms with Gasteiger partial charge in [0.1, 0.15) is 10.2 Å². The quantitative estimate of drug-likeness (QED) is 0.678. The van der Waals surface area contributed by atoms with E-state index >= 15 is 0 Å². The number of carbonyl (C=O) groups excluding carboxylic acids is 1. The zero-order valence-electron chi connectivity index (χ0n) is 9.29. The van der Waals surface area contributed by atoms with E-state index in [1.54, 1.807) is 6.92 Å². The number of rotatable bonds is 2. The second-order valence-electron chi connectivity index (χ2n) is 3.41. The Morgan fingerprint density at radius 2 is 2.33 bits per heavy atom. The van der Waals surface area contributed by atoms with Crippen LogP contribution in [0.3, 0.4) is 0 Å². The minimum Gasteiger partial charge on any atom is -0.462 e. The maximum absolute atomic E-state index is 12.1. The van der Waals surface area contributed by atoms with Crippen LogP contribution < -0.4 is 5.43 Å². The van der Waals surface area contributed by atoms with E-state index < -0.39 is 11.4 Å². The summed E-state index contributed by atoms with van der Waals surface area (Å²) in [5, 5.41) is 0.444. The molecule has 7 heteroatoms. The average Bonchev–Trinajstić information content (AvgIpc) is 2.30. The molecule has 0 aromatic carbocycles. The maximum Gasteiger partial charge on any atom is 0.343 e. The minimum absolute atomic E-state index is 0.0569. The van der Waals surface area contributed by atoms with E-state index in [2.05, 4.69) is 25.9 Å². The normalized spacial score (nSPS) is 10.6. The Bertz CT molecular complexity index is 684. The van der Waals surface area contributed by atoms with Crippen LogP contribution in [0.4, 0.5) is 0 Å². The zero-order valence-corrected chi connectivity index (χ0v) is 11.6. The van der Waals surface area contributed by atoms with Crippen molar-refractivity contribution in [1.29, 1.82) is 0 Å². The first-order valence-electron chi connectivity index (χ1n) is 5.09. The molecule has 2 aromatic rings. The van der Waals surface area contributed by atoms with Crippen molar-refractivity contribution in [3.05, 3.63) is 37.8 Å². The Hall–Kier alpha value is -1.40. The molecule has 0 saturated heterocycles. The molecule has 0 amide bonds. The van der Waals surface area contributed by atoms with Gasteiger partial charge in [-0.1, -0.05) is 11.6 Å². The van der Waals surface area contributed by atoms with Crippen molar-refractivity contribution in [2.75, 3.05) is 6.61 Å². The Labute approximate surface area is 115 Å². The summed E-state index contributed by atoms with van der Waals surface area (Å²) in [5.74, 6) is -0.662. The number of nitrogens with one attached hydrogen (secondary N) is 1. The van der Waals surface area contributed by atoms with Gasteiger partial charge in [0.2, 0.25) is 5.43 Å². The molecule has 0 radical (unpaired) electrons. The number of pyridine rings is 2. The number of hydrogen-bond donors (Lipinski definition) is 1. The highest BCUT2D eigenvalue weighted by Gasteiger charge is 2.15. The van der Waals surface area contributed by atoms with Crippen LogP contribution in [0.2, 0.25) is 5.15 Å². The van der Waals surface area contributed by atoms with Crippen molar-refractivity contribution in [1.82, 2.24) is 9.97 Å². The molecule has 2 aromatic heterocycles. The molecular weight excluding hydrogens is 323 g/mol. The molecule has 0 unspecified atom stereocenters. The molecule has 0 bridgehead atoms. The van der Waals surface area contributed by atoms with Crippen LogP contribution in [0.15, 0.2) is 21.7 Å². The summed E-state index contributed by atoms with van der Waals surface area (Å²) in [5.41, 5.74) is -0.108. The van der Waals surface area contributed by atoms with Gasteiger partial charge in [-0.15, -0.1) is 0 Å². The van der Waals surface area contributed by atoms with Gasteiger partial charge in [0.25, 0.3) is 0 Å². The predicted molar refractivity (Wildman–Crippen MR) is 71.0 cm³/mol. The number of esters is 1. The Balaban J connectivity index is 2.71. The highest BCUT2D eigenvalue weighted by Crippen LogP contribution is 2.21. The van der Waals surface area contributed by atoms with Crippen molar-refractivity contribution < 1.29 is 9.53 Å². The number of ether oxygens (including phenoxy) is 1. The molecule has 0 spiro atoms. The summed E-state index contributed by atoms with van der Waals surface area (Å²) in [6, 6.07) is 1.50. The van der Waals surface area contributed by atoms with Gasteiger partial charge < -0.3 is 9.72 Å². The average molecular weight is 332 g/mol. The first-order chi connectivity index (χ1) is 8.54. The van der Waals surface area contributed by atoms with Crippen LogP contribution in [-0.4, -0.2) is 22.5 Å². The predicted octanol–water partition coefficient (Wildman–Crippen LogP) is 2.52. The van der Waals surface area contributed by atoms with E-state index in [9.17, 15) is 9.59 Å². The largest absolute Gasteiger partial charge is 0.462 e. The SMILES string of the molecule is CCOC(=O)c1c[nH]c2c(Cl)nc(Br)cc2c1=O. The first-order valence-corrected chi connectivity index (χ1v) is 6.26. The van der Waals surface area contributed by atoms with E-state index in [0.717, 1.165) is 0 Å². The monoisotopic (exact) mass is 330 g/mol. The number of hydrogen-bond acceptors (Lipinski definition) is 4. The number of aromatic nitrogens is 2. The molecule has 0 fully saturated rings. The second-order valence-corrected chi connectivity index (χ2v) is 4.58. The fourth-order valence-electron chi connectivity index (χ4n) is 1.52. The molecule has 18 heavy (non-hydrogen) atoms. The number of nitrogens with zero attached hydrogens (tertiary/aromatic N) is 1. The lowest BCUT2D eigenvalue weighted by atomic mass is 10.2. The summed E-state index contributed by atoms with van der Waals surface area (Å²) in [7, 11) is 0. The van der Waals surface area contributed by atoms with E-state index in [1.807, 2.05) is 0 Å². The van der Waals surface area contributed by atoms with Crippen LogP contribution in [0.1, 0.15) is 17.3 Å². The van der Waals surface area contributed by atoms with E-state index in [4.69, 9.17) is 16.3 Å². The number of H-pyrrole nitrogens is 1. The molecule has 2 heterocycles. The highest BCUT2D eigenvalue weighted by atomic mass is 79.9. The summed E-state index contributed by atoms with van der Waals surface area (Å²) < 4.78 is 5.22. The van der Waals surface area contributed by atoms with Crippen molar-refractivity contribution in [2.45, 2.75) is 6.92 Å². The molecule has 0 aliphatic heterocycles.